The molecule has 0 aliphatic heterocycles. The highest BCUT2D eigenvalue weighted by atomic mass is 32.1. The van der Waals surface area contributed by atoms with Gasteiger partial charge in [-0.3, -0.25) is 9.48 Å². The van der Waals surface area contributed by atoms with Gasteiger partial charge in [0.05, 0.1) is 17.1 Å². The smallest absolute Gasteiger partial charge is 0.230 e. The molecule has 5 nitrogen and oxygen atoms in total. The molecule has 3 N–H and O–H groups in total. The first-order valence-electron chi connectivity index (χ1n) is 5.59. The van der Waals surface area contributed by atoms with Crippen LogP contribution in [-0.2, 0) is 18.4 Å². The summed E-state index contributed by atoms with van der Waals surface area (Å²) in [6, 6.07) is 0. The number of nitrogens with zero attached hydrogens (tertiary/aromatic N) is 2. The third-order valence-corrected chi connectivity index (χ3v) is 2.75. The van der Waals surface area contributed by atoms with E-state index < -0.39 is 0 Å². The Morgan fingerprint density at radius 2 is 2.41 bits per heavy atom. The molecule has 1 rings (SSSR count). The van der Waals surface area contributed by atoms with Crippen LogP contribution in [-0.4, -0.2) is 20.7 Å². The van der Waals surface area contributed by atoms with Crippen molar-refractivity contribution < 1.29 is 4.79 Å². The van der Waals surface area contributed by atoms with Crippen molar-refractivity contribution in [3.05, 3.63) is 18.0 Å². The molecule has 1 heterocycles. The fourth-order valence-electron chi connectivity index (χ4n) is 1.57. The van der Waals surface area contributed by atoms with Gasteiger partial charge in [0.15, 0.2) is 0 Å². The quantitative estimate of drug-likeness (QED) is 0.734. The number of amides is 1. The SMILES string of the molecule is CCCC(C(=O)NCc1cnn(C)c1)C(N)=S. The highest BCUT2D eigenvalue weighted by Gasteiger charge is 2.19. The minimum Gasteiger partial charge on any atom is -0.393 e. The van der Waals surface area contributed by atoms with Crippen molar-refractivity contribution in [2.75, 3.05) is 0 Å². The molecule has 94 valence electrons. The Balaban J connectivity index is 2.50. The Labute approximate surface area is 106 Å². The maximum atomic E-state index is 11.8. The largest absolute Gasteiger partial charge is 0.393 e. The maximum absolute atomic E-state index is 11.8. The molecule has 0 fully saturated rings. The van der Waals surface area contributed by atoms with Gasteiger partial charge in [-0.1, -0.05) is 25.6 Å². The van der Waals surface area contributed by atoms with Crippen LogP contribution < -0.4 is 11.1 Å². The molecular formula is C11H18N4OS. The second kappa shape index (κ2) is 6.34. The summed E-state index contributed by atoms with van der Waals surface area (Å²) in [5.41, 5.74) is 6.51. The first kappa shape index (κ1) is 13.6. The van der Waals surface area contributed by atoms with Gasteiger partial charge in [-0.05, 0) is 6.42 Å². The summed E-state index contributed by atoms with van der Waals surface area (Å²) in [5, 5.41) is 6.84. The summed E-state index contributed by atoms with van der Waals surface area (Å²) in [6.07, 6.45) is 5.14. The van der Waals surface area contributed by atoms with Crippen molar-refractivity contribution in [1.82, 2.24) is 15.1 Å². The van der Waals surface area contributed by atoms with Crippen LogP contribution in [0.15, 0.2) is 12.4 Å². The first-order valence-corrected chi connectivity index (χ1v) is 6.00. The zero-order valence-corrected chi connectivity index (χ0v) is 11.0. The lowest BCUT2D eigenvalue weighted by Gasteiger charge is -2.13. The van der Waals surface area contributed by atoms with Crippen LogP contribution in [0.25, 0.3) is 0 Å². The van der Waals surface area contributed by atoms with Crippen LogP contribution in [0.3, 0.4) is 0 Å². The molecule has 0 aliphatic carbocycles. The Bertz CT molecular complexity index is 402. The van der Waals surface area contributed by atoms with Gasteiger partial charge in [0.1, 0.15) is 0 Å². The van der Waals surface area contributed by atoms with Crippen LogP contribution in [0.1, 0.15) is 25.3 Å². The number of nitrogens with two attached hydrogens (primary N) is 1. The third-order valence-electron chi connectivity index (χ3n) is 2.46. The molecule has 1 aromatic heterocycles. The van der Waals surface area contributed by atoms with Crippen LogP contribution in [0.2, 0.25) is 0 Å². The minimum atomic E-state index is -0.369. The van der Waals surface area contributed by atoms with Crippen molar-refractivity contribution in [1.29, 1.82) is 0 Å². The predicted octanol–water partition coefficient (Wildman–Crippen LogP) is 0.739. The van der Waals surface area contributed by atoms with E-state index in [1.165, 1.54) is 0 Å². The van der Waals surface area contributed by atoms with Crippen LogP contribution in [0.4, 0.5) is 0 Å². The van der Waals surface area contributed by atoms with Crippen molar-refractivity contribution in [2.24, 2.45) is 18.7 Å². The molecule has 0 spiro atoms. The number of rotatable bonds is 6. The Morgan fingerprint density at radius 3 is 2.88 bits per heavy atom. The highest BCUT2D eigenvalue weighted by Crippen LogP contribution is 2.07. The molecule has 0 aliphatic rings. The van der Waals surface area contributed by atoms with Gasteiger partial charge in [0.25, 0.3) is 0 Å². The molecule has 0 bridgehead atoms. The summed E-state index contributed by atoms with van der Waals surface area (Å²) in [7, 11) is 1.83. The molecular weight excluding hydrogens is 236 g/mol. The minimum absolute atomic E-state index is 0.108. The molecule has 1 atom stereocenters. The van der Waals surface area contributed by atoms with Crippen molar-refractivity contribution in [3.8, 4) is 0 Å². The fraction of sp³-hybridized carbons (Fsp3) is 0.545. The van der Waals surface area contributed by atoms with E-state index in [4.69, 9.17) is 18.0 Å². The lowest BCUT2D eigenvalue weighted by atomic mass is 10.0. The third kappa shape index (κ3) is 4.14. The number of aryl methyl sites for hydroxylation is 1. The Hall–Kier alpha value is -1.43. The average Bonchev–Trinajstić information content (AvgIpc) is 2.68. The van der Waals surface area contributed by atoms with Crippen molar-refractivity contribution in [3.63, 3.8) is 0 Å². The van der Waals surface area contributed by atoms with E-state index in [2.05, 4.69) is 10.4 Å². The lowest BCUT2D eigenvalue weighted by Crippen LogP contribution is -2.37. The van der Waals surface area contributed by atoms with Gasteiger partial charge in [-0.2, -0.15) is 5.10 Å². The van der Waals surface area contributed by atoms with Crippen molar-refractivity contribution >= 4 is 23.1 Å². The fourth-order valence-corrected chi connectivity index (χ4v) is 1.79. The number of nitrogens with one attached hydrogen (secondary N) is 1. The summed E-state index contributed by atoms with van der Waals surface area (Å²) in [4.78, 5) is 12.1. The van der Waals surface area contributed by atoms with E-state index in [0.717, 1.165) is 12.0 Å². The van der Waals surface area contributed by atoms with Crippen LogP contribution in [0.5, 0.6) is 0 Å². The van der Waals surface area contributed by atoms with Gasteiger partial charge in [0, 0.05) is 25.4 Å². The van der Waals surface area contributed by atoms with Gasteiger partial charge < -0.3 is 11.1 Å². The van der Waals surface area contributed by atoms with E-state index in [9.17, 15) is 4.79 Å². The summed E-state index contributed by atoms with van der Waals surface area (Å²) in [6.45, 7) is 2.45. The van der Waals surface area contributed by atoms with Gasteiger partial charge in [-0.15, -0.1) is 0 Å². The molecule has 0 saturated heterocycles. The summed E-state index contributed by atoms with van der Waals surface area (Å²) < 4.78 is 1.69. The van der Waals surface area contributed by atoms with Crippen molar-refractivity contribution in [2.45, 2.75) is 26.3 Å². The number of aromatic nitrogens is 2. The van der Waals surface area contributed by atoms with E-state index >= 15 is 0 Å². The van der Waals surface area contributed by atoms with E-state index in [-0.39, 0.29) is 16.8 Å². The number of thiocarbonyl (C=S) groups is 1. The summed E-state index contributed by atoms with van der Waals surface area (Å²) in [5.74, 6) is -0.477. The number of carbonyl (C=O) groups excluding carboxylic acids is 1. The number of hydrogen-bond donors (Lipinski definition) is 2. The summed E-state index contributed by atoms with van der Waals surface area (Å²) >= 11 is 4.89. The van der Waals surface area contributed by atoms with E-state index in [0.29, 0.717) is 13.0 Å². The second-order valence-corrected chi connectivity index (χ2v) is 4.46. The molecule has 1 amide bonds. The number of carbonyl (C=O) groups is 1. The molecule has 1 aromatic rings. The van der Waals surface area contributed by atoms with Crippen LogP contribution >= 0.6 is 12.2 Å². The normalized spacial score (nSPS) is 12.1. The second-order valence-electron chi connectivity index (χ2n) is 3.98. The zero-order chi connectivity index (χ0) is 12.8. The number of hydrogen-bond acceptors (Lipinski definition) is 3. The average molecular weight is 254 g/mol. The Morgan fingerprint density at radius 1 is 1.71 bits per heavy atom. The van der Waals surface area contributed by atoms with Gasteiger partial charge in [0.2, 0.25) is 5.91 Å². The molecule has 6 heteroatoms. The zero-order valence-electron chi connectivity index (χ0n) is 10.1. The molecule has 0 aromatic carbocycles. The topological polar surface area (TPSA) is 72.9 Å². The molecule has 17 heavy (non-hydrogen) atoms. The molecule has 0 radical (unpaired) electrons. The highest BCUT2D eigenvalue weighted by molar-refractivity contribution is 7.80. The van der Waals surface area contributed by atoms with Gasteiger partial charge in [-0.25, -0.2) is 0 Å². The lowest BCUT2D eigenvalue weighted by molar-refractivity contribution is -0.123. The molecule has 1 unspecified atom stereocenters. The monoisotopic (exact) mass is 254 g/mol. The predicted molar refractivity (Wildman–Crippen MR) is 70.2 cm³/mol. The van der Waals surface area contributed by atoms with Crippen LogP contribution in [0, 0.1) is 5.92 Å². The maximum Gasteiger partial charge on any atom is 0.230 e. The molecule has 0 saturated carbocycles. The first-order chi connectivity index (χ1) is 8.04. The standard InChI is InChI=1S/C11H18N4OS/c1-3-4-9(10(12)17)11(16)13-5-8-6-14-15(2)7-8/h6-7,9H,3-5H2,1-2H3,(H2,12,17)(H,13,16). The van der Waals surface area contributed by atoms with Gasteiger partial charge >= 0.3 is 0 Å². The van der Waals surface area contributed by atoms with E-state index in [1.54, 1.807) is 10.9 Å². The van der Waals surface area contributed by atoms with E-state index in [1.807, 2.05) is 20.2 Å². The Kier molecular flexibility index (Phi) is 5.09.